The molecule has 0 atom stereocenters. The molecule has 0 unspecified atom stereocenters. The van der Waals surface area contributed by atoms with Gasteiger partial charge in [0, 0.05) is 18.5 Å². The van der Waals surface area contributed by atoms with Gasteiger partial charge in [0.25, 0.3) is 0 Å². The third-order valence-corrected chi connectivity index (χ3v) is 3.27. The summed E-state index contributed by atoms with van der Waals surface area (Å²) >= 11 is 0. The molecule has 2 amide bonds. The number of hydrogen-bond acceptors (Lipinski definition) is 3. The fraction of sp³-hybridized carbons (Fsp3) is 0.375. The number of anilines is 1. The summed E-state index contributed by atoms with van der Waals surface area (Å²) in [6.45, 7) is 5.85. The molecule has 2 rings (SSSR count). The van der Waals surface area contributed by atoms with Crippen molar-refractivity contribution in [2.24, 2.45) is 0 Å². The first-order valence-corrected chi connectivity index (χ1v) is 7.32. The Hall–Kier alpha value is -2.44. The van der Waals surface area contributed by atoms with Crippen molar-refractivity contribution < 1.29 is 18.1 Å². The zero-order chi connectivity index (χ0) is 17.0. The van der Waals surface area contributed by atoms with Crippen molar-refractivity contribution in [3.8, 4) is 0 Å². The molecule has 2 aromatic rings. The minimum absolute atomic E-state index is 0.0850. The molecule has 2 N–H and O–H groups in total. The average molecular weight is 323 g/mol. The smallest absolute Gasteiger partial charge is 0.319 e. The number of rotatable bonds is 5. The third kappa shape index (κ3) is 4.51. The Labute approximate surface area is 133 Å². The molecule has 0 aliphatic heterocycles. The van der Waals surface area contributed by atoms with Gasteiger partial charge in [0.15, 0.2) is 5.76 Å². The molecule has 0 saturated carbocycles. The van der Waals surface area contributed by atoms with E-state index in [0.29, 0.717) is 29.1 Å². The largest absolute Gasteiger partial charge is 0.359 e. The lowest BCUT2D eigenvalue weighted by atomic mass is 10.1. The van der Waals surface area contributed by atoms with Crippen LogP contribution in [0.15, 0.2) is 22.7 Å². The molecule has 124 valence electrons. The fourth-order valence-electron chi connectivity index (χ4n) is 2.17. The van der Waals surface area contributed by atoms with E-state index < -0.39 is 17.7 Å². The number of benzene rings is 1. The molecular weight excluding hydrogens is 304 g/mol. The van der Waals surface area contributed by atoms with Gasteiger partial charge in [0.2, 0.25) is 0 Å². The van der Waals surface area contributed by atoms with E-state index in [-0.39, 0.29) is 12.5 Å². The van der Waals surface area contributed by atoms with Gasteiger partial charge in [-0.3, -0.25) is 0 Å². The molecule has 1 heterocycles. The molecule has 1 aromatic carbocycles. The van der Waals surface area contributed by atoms with Crippen LogP contribution in [0.3, 0.4) is 0 Å². The van der Waals surface area contributed by atoms with E-state index >= 15 is 0 Å². The maximum Gasteiger partial charge on any atom is 0.319 e. The molecular formula is C16H19F2N3O2. The summed E-state index contributed by atoms with van der Waals surface area (Å²) in [6, 6.07) is 2.87. The Bertz CT molecular complexity index is 678. The maximum atomic E-state index is 13.1. The van der Waals surface area contributed by atoms with Crippen LogP contribution in [-0.2, 0) is 6.42 Å². The van der Waals surface area contributed by atoms with E-state index in [1.165, 1.54) is 12.1 Å². The number of nitrogens with one attached hydrogen (secondary N) is 2. The van der Waals surface area contributed by atoms with Gasteiger partial charge in [0.1, 0.15) is 23.0 Å². The van der Waals surface area contributed by atoms with Crippen LogP contribution in [0.25, 0.3) is 0 Å². The van der Waals surface area contributed by atoms with Gasteiger partial charge < -0.3 is 15.2 Å². The number of amides is 2. The third-order valence-electron chi connectivity index (χ3n) is 3.27. The number of carbonyl (C=O) groups excluding carboxylic acids is 1. The normalized spacial score (nSPS) is 10.9. The predicted molar refractivity (Wildman–Crippen MR) is 82.4 cm³/mol. The van der Waals surface area contributed by atoms with Crippen LogP contribution in [0.4, 0.5) is 19.3 Å². The van der Waals surface area contributed by atoms with Crippen LogP contribution in [0.2, 0.25) is 0 Å². The van der Waals surface area contributed by atoms with Gasteiger partial charge in [0.05, 0.1) is 0 Å². The number of nitrogens with zero attached hydrogens (tertiary/aromatic N) is 1. The standard InChI is InChI=1S/C16H19F2N3O2/c1-9(2)15-14(10(3)21-23-15)20-16(22)19-5-4-11-6-12(17)8-13(18)7-11/h6-9H,4-5H2,1-3H3,(H2,19,20,22). The van der Waals surface area contributed by atoms with Crippen molar-refractivity contribution >= 4 is 11.7 Å². The highest BCUT2D eigenvalue weighted by molar-refractivity contribution is 5.90. The van der Waals surface area contributed by atoms with E-state index in [1.807, 2.05) is 13.8 Å². The molecule has 7 heteroatoms. The lowest BCUT2D eigenvalue weighted by Crippen LogP contribution is -2.31. The van der Waals surface area contributed by atoms with Crippen LogP contribution < -0.4 is 10.6 Å². The van der Waals surface area contributed by atoms with Gasteiger partial charge in [-0.2, -0.15) is 0 Å². The van der Waals surface area contributed by atoms with E-state index in [9.17, 15) is 13.6 Å². The molecule has 0 fully saturated rings. The van der Waals surface area contributed by atoms with Gasteiger partial charge in [-0.15, -0.1) is 0 Å². The van der Waals surface area contributed by atoms with Crippen LogP contribution in [0.1, 0.15) is 36.8 Å². The Morgan fingerprint density at radius 3 is 2.52 bits per heavy atom. The van der Waals surface area contributed by atoms with Crippen LogP contribution in [0.5, 0.6) is 0 Å². The number of aryl methyl sites for hydroxylation is 1. The Balaban J connectivity index is 1.89. The monoisotopic (exact) mass is 323 g/mol. The van der Waals surface area contributed by atoms with Gasteiger partial charge in [-0.1, -0.05) is 19.0 Å². The second kappa shape index (κ2) is 7.21. The first kappa shape index (κ1) is 16.9. The zero-order valence-corrected chi connectivity index (χ0v) is 13.2. The fourth-order valence-corrected chi connectivity index (χ4v) is 2.17. The molecule has 1 aromatic heterocycles. The molecule has 23 heavy (non-hydrogen) atoms. The predicted octanol–water partition coefficient (Wildman–Crippen LogP) is 3.75. The highest BCUT2D eigenvalue weighted by Gasteiger charge is 2.17. The summed E-state index contributed by atoms with van der Waals surface area (Å²) in [5.41, 5.74) is 1.62. The quantitative estimate of drug-likeness (QED) is 0.880. The van der Waals surface area contributed by atoms with Gasteiger partial charge in [-0.05, 0) is 31.0 Å². The van der Waals surface area contributed by atoms with E-state index in [0.717, 1.165) is 6.07 Å². The van der Waals surface area contributed by atoms with Crippen molar-refractivity contribution in [2.45, 2.75) is 33.1 Å². The molecule has 0 radical (unpaired) electrons. The molecule has 0 aliphatic carbocycles. The summed E-state index contributed by atoms with van der Waals surface area (Å²) in [5.74, 6) is -0.580. The van der Waals surface area contributed by atoms with Crippen LogP contribution in [0, 0.1) is 18.6 Å². The van der Waals surface area contributed by atoms with Crippen molar-refractivity contribution in [2.75, 3.05) is 11.9 Å². The summed E-state index contributed by atoms with van der Waals surface area (Å²) in [5, 5.41) is 9.17. The number of carbonyl (C=O) groups is 1. The molecule has 0 aliphatic rings. The van der Waals surface area contributed by atoms with Crippen molar-refractivity contribution in [3.63, 3.8) is 0 Å². The topological polar surface area (TPSA) is 67.2 Å². The SMILES string of the molecule is Cc1noc(C(C)C)c1NC(=O)NCCc1cc(F)cc(F)c1. The maximum absolute atomic E-state index is 13.1. The first-order valence-electron chi connectivity index (χ1n) is 7.32. The average Bonchev–Trinajstić information content (AvgIpc) is 2.79. The summed E-state index contributed by atoms with van der Waals surface area (Å²) < 4.78 is 31.3. The second-order valence-electron chi connectivity index (χ2n) is 5.57. The first-order chi connectivity index (χ1) is 10.9. The van der Waals surface area contributed by atoms with Crippen LogP contribution in [-0.4, -0.2) is 17.7 Å². The highest BCUT2D eigenvalue weighted by atomic mass is 19.1. The number of urea groups is 1. The summed E-state index contributed by atoms with van der Waals surface area (Å²) in [4.78, 5) is 11.9. The zero-order valence-electron chi connectivity index (χ0n) is 13.2. The van der Waals surface area contributed by atoms with Crippen molar-refractivity contribution in [3.05, 3.63) is 46.9 Å². The van der Waals surface area contributed by atoms with Gasteiger partial charge >= 0.3 is 6.03 Å². The van der Waals surface area contributed by atoms with Gasteiger partial charge in [-0.25, -0.2) is 13.6 Å². The van der Waals surface area contributed by atoms with E-state index in [1.54, 1.807) is 6.92 Å². The lowest BCUT2D eigenvalue weighted by Gasteiger charge is -2.09. The molecule has 0 spiro atoms. The number of hydrogen-bond donors (Lipinski definition) is 2. The van der Waals surface area contributed by atoms with Crippen LogP contribution >= 0.6 is 0 Å². The summed E-state index contributed by atoms with van der Waals surface area (Å²) in [6.07, 6.45) is 0.321. The van der Waals surface area contributed by atoms with E-state index in [4.69, 9.17) is 4.52 Å². The lowest BCUT2D eigenvalue weighted by molar-refractivity contribution is 0.252. The Morgan fingerprint density at radius 2 is 1.91 bits per heavy atom. The minimum Gasteiger partial charge on any atom is -0.359 e. The minimum atomic E-state index is -0.633. The van der Waals surface area contributed by atoms with Crippen molar-refractivity contribution in [1.82, 2.24) is 10.5 Å². The Morgan fingerprint density at radius 1 is 1.26 bits per heavy atom. The number of aromatic nitrogens is 1. The Kier molecular flexibility index (Phi) is 5.31. The summed E-state index contributed by atoms with van der Waals surface area (Å²) in [7, 11) is 0. The molecule has 0 saturated heterocycles. The van der Waals surface area contributed by atoms with Crippen molar-refractivity contribution in [1.29, 1.82) is 0 Å². The second-order valence-corrected chi connectivity index (χ2v) is 5.57. The number of halogens is 2. The van der Waals surface area contributed by atoms with E-state index in [2.05, 4.69) is 15.8 Å². The molecule has 0 bridgehead atoms. The molecule has 5 nitrogen and oxygen atoms in total. The highest BCUT2D eigenvalue weighted by Crippen LogP contribution is 2.26.